The van der Waals surface area contributed by atoms with Gasteiger partial charge in [0.1, 0.15) is 0 Å². The van der Waals surface area contributed by atoms with Gasteiger partial charge < -0.3 is 16.2 Å². The highest BCUT2D eigenvalue weighted by Crippen LogP contribution is 2.24. The van der Waals surface area contributed by atoms with Crippen molar-refractivity contribution in [3.63, 3.8) is 0 Å². The first-order chi connectivity index (χ1) is 9.49. The van der Waals surface area contributed by atoms with Crippen LogP contribution in [0.1, 0.15) is 48.0 Å². The van der Waals surface area contributed by atoms with Gasteiger partial charge in [-0.1, -0.05) is 35.2 Å². The summed E-state index contributed by atoms with van der Waals surface area (Å²) < 4.78 is 0.784. The predicted octanol–water partition coefficient (Wildman–Crippen LogP) is 2.76. The van der Waals surface area contributed by atoms with E-state index in [0.29, 0.717) is 11.3 Å². The highest BCUT2D eigenvalue weighted by Gasteiger charge is 2.24. The molecule has 5 heteroatoms. The van der Waals surface area contributed by atoms with Crippen molar-refractivity contribution in [2.24, 2.45) is 0 Å². The van der Waals surface area contributed by atoms with Crippen molar-refractivity contribution < 1.29 is 9.90 Å². The molecular weight excluding hydrogens is 320 g/mol. The minimum atomic E-state index is -0.453. The SMILES string of the molecule is Cc1c(N)cc(Br)cc1C(=O)NC1CCCCCC1O. The minimum Gasteiger partial charge on any atom is -0.398 e. The first-order valence-corrected chi connectivity index (χ1v) is 7.83. The molecule has 4 N–H and O–H groups in total. The summed E-state index contributed by atoms with van der Waals surface area (Å²) in [7, 11) is 0. The maximum atomic E-state index is 12.4. The lowest BCUT2D eigenvalue weighted by Crippen LogP contribution is -2.42. The van der Waals surface area contributed by atoms with E-state index in [-0.39, 0.29) is 11.9 Å². The van der Waals surface area contributed by atoms with E-state index in [9.17, 15) is 9.90 Å². The van der Waals surface area contributed by atoms with Gasteiger partial charge in [0.15, 0.2) is 0 Å². The zero-order valence-corrected chi connectivity index (χ0v) is 13.2. The highest BCUT2D eigenvalue weighted by atomic mass is 79.9. The number of aliphatic hydroxyl groups is 1. The molecule has 0 heterocycles. The Morgan fingerprint density at radius 2 is 2.05 bits per heavy atom. The lowest BCUT2D eigenvalue weighted by Gasteiger charge is -2.22. The molecule has 0 aromatic heterocycles. The lowest BCUT2D eigenvalue weighted by atomic mass is 10.0. The summed E-state index contributed by atoms with van der Waals surface area (Å²) in [5, 5.41) is 13.0. The summed E-state index contributed by atoms with van der Waals surface area (Å²) in [5.41, 5.74) is 7.81. The second kappa shape index (κ2) is 6.59. The number of benzene rings is 1. The number of nitrogens with one attached hydrogen (secondary N) is 1. The number of carbonyl (C=O) groups excluding carboxylic acids is 1. The van der Waals surface area contributed by atoms with Crippen LogP contribution >= 0.6 is 15.9 Å². The number of nitrogen functional groups attached to an aromatic ring is 1. The smallest absolute Gasteiger partial charge is 0.251 e. The van der Waals surface area contributed by atoms with Gasteiger partial charge >= 0.3 is 0 Å². The van der Waals surface area contributed by atoms with Crippen molar-refractivity contribution in [3.8, 4) is 0 Å². The molecule has 1 aromatic carbocycles. The fourth-order valence-electron chi connectivity index (χ4n) is 2.64. The summed E-state index contributed by atoms with van der Waals surface area (Å²) in [6.45, 7) is 1.83. The molecular formula is C15H21BrN2O2. The van der Waals surface area contributed by atoms with Crippen LogP contribution in [0.2, 0.25) is 0 Å². The number of hydrogen-bond acceptors (Lipinski definition) is 3. The summed E-state index contributed by atoms with van der Waals surface area (Å²) in [6, 6.07) is 3.39. The molecule has 0 bridgehead atoms. The van der Waals surface area contributed by atoms with Gasteiger partial charge in [0.05, 0.1) is 12.1 Å². The number of carbonyl (C=O) groups is 1. The Morgan fingerprint density at radius 3 is 2.80 bits per heavy atom. The fraction of sp³-hybridized carbons (Fsp3) is 0.533. The molecule has 1 amide bonds. The van der Waals surface area contributed by atoms with E-state index in [1.54, 1.807) is 12.1 Å². The first kappa shape index (κ1) is 15.3. The van der Waals surface area contributed by atoms with Crippen LogP contribution in [0.15, 0.2) is 16.6 Å². The molecule has 1 fully saturated rings. The number of anilines is 1. The van der Waals surface area contributed by atoms with E-state index >= 15 is 0 Å². The Hall–Kier alpha value is -1.07. The molecule has 4 nitrogen and oxygen atoms in total. The zero-order valence-electron chi connectivity index (χ0n) is 11.7. The predicted molar refractivity (Wildman–Crippen MR) is 83.6 cm³/mol. The Labute approximate surface area is 127 Å². The average molecular weight is 341 g/mol. The highest BCUT2D eigenvalue weighted by molar-refractivity contribution is 9.10. The van der Waals surface area contributed by atoms with Gasteiger partial charge in [-0.05, 0) is 37.5 Å². The maximum absolute atomic E-state index is 12.4. The van der Waals surface area contributed by atoms with Gasteiger partial charge in [-0.3, -0.25) is 4.79 Å². The molecule has 0 spiro atoms. The number of hydrogen-bond donors (Lipinski definition) is 3. The third-order valence-electron chi connectivity index (χ3n) is 3.95. The molecule has 2 unspecified atom stereocenters. The maximum Gasteiger partial charge on any atom is 0.251 e. The lowest BCUT2D eigenvalue weighted by molar-refractivity contribution is 0.0818. The average Bonchev–Trinajstić information content (AvgIpc) is 2.59. The van der Waals surface area contributed by atoms with Gasteiger partial charge in [0.25, 0.3) is 5.91 Å². The second-order valence-electron chi connectivity index (χ2n) is 5.45. The summed E-state index contributed by atoms with van der Waals surface area (Å²) >= 11 is 3.36. The number of nitrogens with two attached hydrogens (primary N) is 1. The molecule has 1 aliphatic rings. The Morgan fingerprint density at radius 1 is 1.35 bits per heavy atom. The zero-order chi connectivity index (χ0) is 14.7. The van der Waals surface area contributed by atoms with Crippen molar-refractivity contribution in [1.29, 1.82) is 0 Å². The Balaban J connectivity index is 2.15. The summed E-state index contributed by atoms with van der Waals surface area (Å²) in [5.74, 6) is -0.165. The van der Waals surface area contributed by atoms with E-state index in [0.717, 1.165) is 42.1 Å². The number of halogens is 1. The summed E-state index contributed by atoms with van der Waals surface area (Å²) in [6.07, 6.45) is 4.32. The normalized spacial score (nSPS) is 23.1. The van der Waals surface area contributed by atoms with E-state index in [1.807, 2.05) is 6.92 Å². The van der Waals surface area contributed by atoms with Gasteiger partial charge in [-0.25, -0.2) is 0 Å². The third kappa shape index (κ3) is 3.52. The van der Waals surface area contributed by atoms with Crippen LogP contribution in [0.25, 0.3) is 0 Å². The third-order valence-corrected chi connectivity index (χ3v) is 4.41. The van der Waals surface area contributed by atoms with E-state index in [1.165, 1.54) is 0 Å². The number of amides is 1. The molecule has 0 radical (unpaired) electrons. The molecule has 110 valence electrons. The van der Waals surface area contributed by atoms with Crippen LogP contribution < -0.4 is 11.1 Å². The topological polar surface area (TPSA) is 75.4 Å². The standard InChI is InChI=1S/C15H21BrN2O2/c1-9-11(7-10(16)8-12(9)17)15(20)18-13-5-3-2-4-6-14(13)19/h7-8,13-14,19H,2-6,17H2,1H3,(H,18,20). The molecule has 1 saturated carbocycles. The fourth-order valence-corrected chi connectivity index (χ4v) is 3.11. The van der Waals surface area contributed by atoms with Crippen LogP contribution in [-0.2, 0) is 0 Å². The van der Waals surface area contributed by atoms with Gasteiger partial charge in [-0.15, -0.1) is 0 Å². The monoisotopic (exact) mass is 340 g/mol. The van der Waals surface area contributed by atoms with Crippen molar-refractivity contribution in [2.75, 3.05) is 5.73 Å². The summed E-state index contributed by atoms with van der Waals surface area (Å²) in [4.78, 5) is 12.4. The van der Waals surface area contributed by atoms with Crippen molar-refractivity contribution in [2.45, 2.75) is 51.2 Å². The Bertz CT molecular complexity index is 505. The number of aliphatic hydroxyl groups excluding tert-OH is 1. The molecule has 0 aliphatic heterocycles. The molecule has 20 heavy (non-hydrogen) atoms. The minimum absolute atomic E-state index is 0.162. The van der Waals surface area contributed by atoms with Gasteiger partial charge in [0.2, 0.25) is 0 Å². The van der Waals surface area contributed by atoms with Crippen molar-refractivity contribution in [1.82, 2.24) is 5.32 Å². The molecule has 2 rings (SSSR count). The second-order valence-corrected chi connectivity index (χ2v) is 6.37. The first-order valence-electron chi connectivity index (χ1n) is 7.03. The Kier molecular flexibility index (Phi) is 5.05. The van der Waals surface area contributed by atoms with Crippen LogP contribution in [-0.4, -0.2) is 23.2 Å². The van der Waals surface area contributed by atoms with Crippen LogP contribution in [0.3, 0.4) is 0 Å². The van der Waals surface area contributed by atoms with E-state index in [2.05, 4.69) is 21.2 Å². The molecule has 1 aliphatic carbocycles. The molecule has 2 atom stereocenters. The number of rotatable bonds is 2. The van der Waals surface area contributed by atoms with E-state index < -0.39 is 6.10 Å². The molecule has 0 saturated heterocycles. The van der Waals surface area contributed by atoms with Gasteiger partial charge in [-0.2, -0.15) is 0 Å². The van der Waals surface area contributed by atoms with Crippen molar-refractivity contribution in [3.05, 3.63) is 27.7 Å². The largest absolute Gasteiger partial charge is 0.398 e. The van der Waals surface area contributed by atoms with Crippen LogP contribution in [0, 0.1) is 6.92 Å². The quantitative estimate of drug-likeness (QED) is 0.572. The van der Waals surface area contributed by atoms with Crippen LogP contribution in [0.5, 0.6) is 0 Å². The van der Waals surface area contributed by atoms with Crippen molar-refractivity contribution >= 4 is 27.5 Å². The van der Waals surface area contributed by atoms with Gasteiger partial charge in [0, 0.05) is 15.7 Å². The van der Waals surface area contributed by atoms with Crippen LogP contribution in [0.4, 0.5) is 5.69 Å². The van der Waals surface area contributed by atoms with E-state index in [4.69, 9.17) is 5.73 Å². The molecule has 1 aromatic rings.